The van der Waals surface area contributed by atoms with Gasteiger partial charge in [-0.05, 0) is 24.3 Å². The quantitative estimate of drug-likeness (QED) is 0.594. The average molecular weight is 389 g/mol. The van der Waals surface area contributed by atoms with E-state index in [1.807, 2.05) is 0 Å². The van der Waals surface area contributed by atoms with Gasteiger partial charge in [-0.2, -0.15) is 26.0 Å². The molecule has 0 heterocycles. The predicted octanol–water partition coefficient (Wildman–Crippen LogP) is 4.93. The Labute approximate surface area is 154 Å². The van der Waals surface area contributed by atoms with Gasteiger partial charge in [-0.1, -0.05) is 60.7 Å². The minimum Gasteiger partial charge on any atom is -0.199 e. The first kappa shape index (κ1) is 18.8. The molecule has 0 fully saturated rings. The molecule has 0 bridgehead atoms. The van der Waals surface area contributed by atoms with E-state index in [4.69, 9.17) is 0 Å². The van der Waals surface area contributed by atoms with E-state index in [1.165, 1.54) is 0 Å². The van der Waals surface area contributed by atoms with Gasteiger partial charge in [0.25, 0.3) is 10.0 Å². The summed E-state index contributed by atoms with van der Waals surface area (Å²) in [5.41, 5.74) is 0.464. The van der Waals surface area contributed by atoms with Crippen molar-refractivity contribution in [3.63, 3.8) is 0 Å². The molecule has 0 saturated carbocycles. The summed E-state index contributed by atoms with van der Waals surface area (Å²) in [6, 6.07) is 20.7. The van der Waals surface area contributed by atoms with Crippen molar-refractivity contribution in [2.45, 2.75) is 11.1 Å². The molecule has 0 spiro atoms. The molecule has 3 rings (SSSR count). The number of sulfonamides is 1. The second-order valence-corrected chi connectivity index (χ2v) is 7.27. The molecule has 3 aromatic carbocycles. The first-order chi connectivity index (χ1) is 12.8. The van der Waals surface area contributed by atoms with E-state index in [9.17, 15) is 21.6 Å². The van der Waals surface area contributed by atoms with Gasteiger partial charge in [0, 0.05) is 11.1 Å². The van der Waals surface area contributed by atoms with E-state index < -0.39 is 21.8 Å². The van der Waals surface area contributed by atoms with Crippen molar-refractivity contribution < 1.29 is 21.6 Å². The Kier molecular flexibility index (Phi) is 5.14. The molecule has 0 aliphatic carbocycles. The second kappa shape index (κ2) is 7.36. The lowest BCUT2D eigenvalue weighted by atomic mass is 10.0. The number of alkyl halides is 3. The highest BCUT2D eigenvalue weighted by Crippen LogP contribution is 2.30. The zero-order chi connectivity index (χ0) is 19.5. The maximum absolute atomic E-state index is 12.7. The van der Waals surface area contributed by atoms with Crippen LogP contribution in [-0.4, -0.2) is 14.1 Å². The third-order valence-corrected chi connectivity index (χ3v) is 5.08. The molecule has 3 nitrogen and oxygen atoms in total. The van der Waals surface area contributed by atoms with E-state index in [1.54, 1.807) is 60.7 Å². The fraction of sp³-hybridized carbons (Fsp3) is 0.0500. The molecule has 0 atom stereocenters. The average Bonchev–Trinajstić information content (AvgIpc) is 2.67. The molecule has 0 saturated heterocycles. The van der Waals surface area contributed by atoms with Gasteiger partial charge in [0.05, 0.1) is 16.2 Å². The van der Waals surface area contributed by atoms with Crippen LogP contribution >= 0.6 is 0 Å². The summed E-state index contributed by atoms with van der Waals surface area (Å²) in [4.78, 5) is -0.306. The summed E-state index contributed by atoms with van der Waals surface area (Å²) in [6.07, 6.45) is -4.54. The van der Waals surface area contributed by atoms with Crippen molar-refractivity contribution in [1.29, 1.82) is 0 Å². The van der Waals surface area contributed by atoms with Gasteiger partial charge in [-0.15, -0.1) is 0 Å². The molecule has 0 radical (unpaired) electrons. The van der Waals surface area contributed by atoms with E-state index in [0.29, 0.717) is 11.1 Å². The van der Waals surface area contributed by atoms with Crippen molar-refractivity contribution in [1.82, 2.24) is 0 Å². The molecule has 0 aliphatic rings. The van der Waals surface area contributed by atoms with Gasteiger partial charge in [-0.25, -0.2) is 0 Å². The van der Waals surface area contributed by atoms with Crippen LogP contribution in [0, 0.1) is 0 Å². The predicted molar refractivity (Wildman–Crippen MR) is 97.2 cm³/mol. The Balaban J connectivity index is 2.09. The summed E-state index contributed by atoms with van der Waals surface area (Å²) in [7, 11) is -4.20. The van der Waals surface area contributed by atoms with Gasteiger partial charge in [0.2, 0.25) is 0 Å². The minimum atomic E-state index is -4.54. The maximum atomic E-state index is 12.7. The standard InChI is InChI=1S/C20H14F3NO2S/c21-20(22,23)17-11-13-18(14-12-17)27(25,26)24-19(15-7-3-1-4-8-15)16-9-5-2-6-10-16/h1-14H. The Bertz CT molecular complexity index is 1000. The number of rotatable bonds is 4. The largest absolute Gasteiger partial charge is 0.416 e. The van der Waals surface area contributed by atoms with Gasteiger partial charge in [-0.3, -0.25) is 0 Å². The third-order valence-electron chi connectivity index (χ3n) is 3.79. The van der Waals surface area contributed by atoms with Gasteiger partial charge in [0.15, 0.2) is 0 Å². The lowest BCUT2D eigenvalue weighted by Crippen LogP contribution is -2.09. The van der Waals surface area contributed by atoms with Crippen molar-refractivity contribution in [2.24, 2.45) is 4.40 Å². The summed E-state index contributed by atoms with van der Waals surface area (Å²) in [5, 5.41) is 0. The Morgan fingerprint density at radius 3 is 1.56 bits per heavy atom. The first-order valence-electron chi connectivity index (χ1n) is 7.90. The Morgan fingerprint density at radius 1 is 0.704 bits per heavy atom. The van der Waals surface area contributed by atoms with E-state index in [-0.39, 0.29) is 10.6 Å². The molecule has 0 N–H and O–H groups in total. The molecule has 7 heteroatoms. The number of halogens is 3. The molecular formula is C20H14F3NO2S. The SMILES string of the molecule is O=S(=O)(N=C(c1ccccc1)c1ccccc1)c1ccc(C(F)(F)F)cc1. The van der Waals surface area contributed by atoms with Crippen LogP contribution < -0.4 is 0 Å². The van der Waals surface area contributed by atoms with Gasteiger partial charge in [0.1, 0.15) is 0 Å². The zero-order valence-corrected chi connectivity index (χ0v) is 14.7. The van der Waals surface area contributed by atoms with Crippen molar-refractivity contribution in [2.75, 3.05) is 0 Å². The van der Waals surface area contributed by atoms with Gasteiger partial charge < -0.3 is 0 Å². The molecular weight excluding hydrogens is 375 g/mol. The summed E-state index contributed by atoms with van der Waals surface area (Å²) in [5.74, 6) is 0. The second-order valence-electron chi connectivity index (χ2n) is 5.67. The van der Waals surface area contributed by atoms with Crippen LogP contribution in [0.25, 0.3) is 0 Å². The number of hydrogen-bond donors (Lipinski definition) is 0. The fourth-order valence-corrected chi connectivity index (χ4v) is 3.49. The molecule has 0 amide bonds. The summed E-state index contributed by atoms with van der Waals surface area (Å²) in [6.45, 7) is 0. The van der Waals surface area contributed by atoms with Crippen LogP contribution in [0.5, 0.6) is 0 Å². The van der Waals surface area contributed by atoms with Crippen LogP contribution in [0.15, 0.2) is 94.2 Å². The minimum absolute atomic E-state index is 0.219. The molecule has 0 aromatic heterocycles. The van der Waals surface area contributed by atoms with E-state index in [0.717, 1.165) is 24.3 Å². The van der Waals surface area contributed by atoms with E-state index >= 15 is 0 Å². The lowest BCUT2D eigenvalue weighted by Gasteiger charge is -2.09. The molecule has 0 aliphatic heterocycles. The topological polar surface area (TPSA) is 46.5 Å². The van der Waals surface area contributed by atoms with Crippen LogP contribution in [0.3, 0.4) is 0 Å². The van der Waals surface area contributed by atoms with E-state index in [2.05, 4.69) is 4.40 Å². The summed E-state index contributed by atoms with van der Waals surface area (Å²) >= 11 is 0. The summed E-state index contributed by atoms with van der Waals surface area (Å²) < 4.78 is 67.4. The van der Waals surface area contributed by atoms with Crippen LogP contribution in [0.2, 0.25) is 0 Å². The molecule has 27 heavy (non-hydrogen) atoms. The smallest absolute Gasteiger partial charge is 0.199 e. The lowest BCUT2D eigenvalue weighted by molar-refractivity contribution is -0.137. The number of benzene rings is 3. The monoisotopic (exact) mass is 389 g/mol. The maximum Gasteiger partial charge on any atom is 0.416 e. The third kappa shape index (κ3) is 4.43. The fourth-order valence-electron chi connectivity index (χ4n) is 2.45. The van der Waals surface area contributed by atoms with Gasteiger partial charge >= 0.3 is 6.18 Å². The highest BCUT2D eigenvalue weighted by Gasteiger charge is 2.30. The molecule has 3 aromatic rings. The van der Waals surface area contributed by atoms with Crippen LogP contribution in [-0.2, 0) is 16.2 Å². The molecule has 0 unspecified atom stereocenters. The highest BCUT2D eigenvalue weighted by molar-refractivity contribution is 7.90. The highest BCUT2D eigenvalue weighted by atomic mass is 32.2. The normalized spacial score (nSPS) is 11.8. The Morgan fingerprint density at radius 2 is 1.15 bits per heavy atom. The van der Waals surface area contributed by atoms with Crippen molar-refractivity contribution >= 4 is 15.7 Å². The number of nitrogens with zero attached hydrogens (tertiary/aromatic N) is 1. The van der Waals surface area contributed by atoms with Crippen molar-refractivity contribution in [3.8, 4) is 0 Å². The Hall–Kier alpha value is -2.93. The number of hydrogen-bond acceptors (Lipinski definition) is 2. The first-order valence-corrected chi connectivity index (χ1v) is 9.34. The molecule has 138 valence electrons. The van der Waals surface area contributed by atoms with Crippen LogP contribution in [0.4, 0.5) is 13.2 Å². The van der Waals surface area contributed by atoms with Crippen molar-refractivity contribution in [3.05, 3.63) is 102 Å². The zero-order valence-electron chi connectivity index (χ0n) is 13.9. The van der Waals surface area contributed by atoms with Crippen LogP contribution in [0.1, 0.15) is 16.7 Å².